The highest BCUT2D eigenvalue weighted by atomic mass is 35.5. The second-order valence-electron chi connectivity index (χ2n) is 4.40. The second kappa shape index (κ2) is 5.73. The summed E-state index contributed by atoms with van der Waals surface area (Å²) in [5, 5.41) is 0. The lowest BCUT2D eigenvalue weighted by Gasteiger charge is -2.28. The Morgan fingerprint density at radius 1 is 1.58 bits per heavy atom. The molecule has 0 amide bonds. The maximum Gasteiger partial charge on any atom is 0.252 e. The molecule has 0 spiro atoms. The smallest absolute Gasteiger partial charge is 0.211 e. The second-order valence-corrected chi connectivity index (χ2v) is 8.22. The number of nitrogens with zero attached hydrogens (tertiary/aromatic N) is 2. The quantitative estimate of drug-likeness (QED) is 0.633. The number of aliphatic imine (C=N–C) groups is 1. The van der Waals surface area contributed by atoms with Gasteiger partial charge in [0, 0.05) is 13.1 Å². The van der Waals surface area contributed by atoms with Crippen LogP contribution in [0.4, 0.5) is 0 Å². The van der Waals surface area contributed by atoms with E-state index in [1.165, 1.54) is 10.4 Å². The molecule has 1 fully saturated rings. The highest BCUT2D eigenvalue weighted by Crippen LogP contribution is 2.33. The molecule has 5 nitrogen and oxygen atoms in total. The lowest BCUT2D eigenvalue weighted by atomic mass is 10.1. The number of thiophene rings is 1. The van der Waals surface area contributed by atoms with Crippen molar-refractivity contribution in [2.75, 3.05) is 13.1 Å². The minimum atomic E-state index is -3.54. The summed E-state index contributed by atoms with van der Waals surface area (Å²) in [5.41, 5.74) is 0.754. The minimum absolute atomic E-state index is 0.228. The fraction of sp³-hybridized carbons (Fsp3) is 0.545. The van der Waals surface area contributed by atoms with E-state index in [2.05, 4.69) is 4.99 Å². The first-order valence-electron chi connectivity index (χ1n) is 5.78. The zero-order valence-corrected chi connectivity index (χ0v) is 12.7. The van der Waals surface area contributed by atoms with Gasteiger partial charge in [-0.15, -0.1) is 11.3 Å². The predicted octanol–water partition coefficient (Wildman–Crippen LogP) is 2.20. The Balaban J connectivity index is 2.26. The van der Waals surface area contributed by atoms with Gasteiger partial charge in [-0.25, -0.2) is 18.2 Å². The van der Waals surface area contributed by atoms with Crippen molar-refractivity contribution in [3.63, 3.8) is 0 Å². The summed E-state index contributed by atoms with van der Waals surface area (Å²) < 4.78 is 27.0. The van der Waals surface area contributed by atoms with Gasteiger partial charge in [0.05, 0.1) is 10.4 Å². The van der Waals surface area contributed by atoms with Gasteiger partial charge < -0.3 is 0 Å². The number of carbonyl (C=O) groups excluding carboxylic acids is 1. The van der Waals surface area contributed by atoms with Gasteiger partial charge in [-0.1, -0.05) is 11.6 Å². The molecule has 19 heavy (non-hydrogen) atoms. The van der Waals surface area contributed by atoms with E-state index in [-0.39, 0.29) is 16.8 Å². The van der Waals surface area contributed by atoms with Crippen LogP contribution in [0.25, 0.3) is 0 Å². The molecule has 0 N–H and O–H groups in total. The van der Waals surface area contributed by atoms with Crippen LogP contribution >= 0.6 is 22.9 Å². The van der Waals surface area contributed by atoms with Gasteiger partial charge in [-0.2, -0.15) is 4.31 Å². The van der Waals surface area contributed by atoms with E-state index in [1.807, 2.05) is 0 Å². The lowest BCUT2D eigenvalue weighted by Crippen LogP contribution is -2.41. The predicted molar refractivity (Wildman–Crippen MR) is 74.0 cm³/mol. The van der Waals surface area contributed by atoms with Crippen molar-refractivity contribution in [1.82, 2.24) is 4.31 Å². The highest BCUT2D eigenvalue weighted by molar-refractivity contribution is 7.91. The van der Waals surface area contributed by atoms with E-state index in [1.54, 1.807) is 13.0 Å². The van der Waals surface area contributed by atoms with Crippen LogP contribution in [0.2, 0.25) is 4.34 Å². The molecular formula is C11H13ClN2O3S2. The Morgan fingerprint density at radius 2 is 2.32 bits per heavy atom. The van der Waals surface area contributed by atoms with Crippen LogP contribution in [-0.4, -0.2) is 37.9 Å². The summed E-state index contributed by atoms with van der Waals surface area (Å²) in [6, 6.07) is 1.28. The van der Waals surface area contributed by atoms with Crippen LogP contribution in [0.3, 0.4) is 0 Å². The standard InChI is InChI=1S/C11H13ClN2O3S2/c1-8-5-10(18-11(8)12)19(16,17)14-4-2-3-9(6-14)13-7-15/h5,9H,2-4,6H2,1H3. The minimum Gasteiger partial charge on any atom is -0.211 e. The van der Waals surface area contributed by atoms with Crippen molar-refractivity contribution in [1.29, 1.82) is 0 Å². The molecule has 1 atom stereocenters. The zero-order valence-electron chi connectivity index (χ0n) is 10.3. The number of sulfonamides is 1. The van der Waals surface area contributed by atoms with Gasteiger partial charge in [0.25, 0.3) is 10.0 Å². The van der Waals surface area contributed by atoms with Crippen molar-refractivity contribution in [3.8, 4) is 0 Å². The Kier molecular flexibility index (Phi) is 4.43. The summed E-state index contributed by atoms with van der Waals surface area (Å²) >= 11 is 6.98. The van der Waals surface area contributed by atoms with Crippen molar-refractivity contribution in [3.05, 3.63) is 16.0 Å². The summed E-state index contributed by atoms with van der Waals surface area (Å²) in [5.74, 6) is 0. The molecule has 0 aromatic carbocycles. The largest absolute Gasteiger partial charge is 0.252 e. The lowest BCUT2D eigenvalue weighted by molar-refractivity contribution is 0.317. The molecule has 1 aliphatic rings. The molecule has 2 rings (SSSR count). The maximum absolute atomic E-state index is 12.4. The molecule has 0 saturated carbocycles. The molecule has 0 bridgehead atoms. The summed E-state index contributed by atoms with van der Waals surface area (Å²) in [4.78, 5) is 13.9. The number of isocyanates is 1. The van der Waals surface area contributed by atoms with Gasteiger partial charge in [-0.05, 0) is 31.4 Å². The van der Waals surface area contributed by atoms with E-state index in [4.69, 9.17) is 11.6 Å². The molecule has 1 unspecified atom stereocenters. The fourth-order valence-electron chi connectivity index (χ4n) is 2.01. The van der Waals surface area contributed by atoms with Crippen LogP contribution in [0.15, 0.2) is 15.3 Å². The number of hydrogen-bond donors (Lipinski definition) is 0. The maximum atomic E-state index is 12.4. The van der Waals surface area contributed by atoms with Crippen molar-refractivity contribution < 1.29 is 13.2 Å². The Hall–Kier alpha value is -0.720. The first-order valence-corrected chi connectivity index (χ1v) is 8.41. The summed E-state index contributed by atoms with van der Waals surface area (Å²) in [7, 11) is -3.54. The van der Waals surface area contributed by atoms with Crippen LogP contribution in [-0.2, 0) is 14.8 Å². The average Bonchev–Trinajstić information content (AvgIpc) is 2.71. The number of piperidine rings is 1. The Labute approximate surface area is 121 Å². The van der Waals surface area contributed by atoms with E-state index >= 15 is 0 Å². The van der Waals surface area contributed by atoms with Gasteiger partial charge in [-0.3, -0.25) is 0 Å². The topological polar surface area (TPSA) is 66.8 Å². The molecule has 8 heteroatoms. The fourth-order valence-corrected chi connectivity index (χ4v) is 5.38. The molecule has 1 aromatic heterocycles. The number of hydrogen-bond acceptors (Lipinski definition) is 5. The number of rotatable bonds is 3. The number of aryl methyl sites for hydroxylation is 1. The van der Waals surface area contributed by atoms with Crippen molar-refractivity contribution in [2.24, 2.45) is 4.99 Å². The normalized spacial score (nSPS) is 21.1. The summed E-state index contributed by atoms with van der Waals surface area (Å²) in [6.07, 6.45) is 2.90. The van der Waals surface area contributed by atoms with Crippen LogP contribution in [0.5, 0.6) is 0 Å². The van der Waals surface area contributed by atoms with Crippen LogP contribution < -0.4 is 0 Å². The molecule has 1 aliphatic heterocycles. The Morgan fingerprint density at radius 3 is 2.89 bits per heavy atom. The van der Waals surface area contributed by atoms with Crippen LogP contribution in [0, 0.1) is 6.92 Å². The van der Waals surface area contributed by atoms with Gasteiger partial charge in [0.2, 0.25) is 6.08 Å². The van der Waals surface area contributed by atoms with Gasteiger partial charge in [0.1, 0.15) is 4.21 Å². The first kappa shape index (κ1) is 14.7. The molecule has 1 aromatic rings. The monoisotopic (exact) mass is 320 g/mol. The first-order chi connectivity index (χ1) is 8.95. The van der Waals surface area contributed by atoms with Crippen LogP contribution in [0.1, 0.15) is 18.4 Å². The van der Waals surface area contributed by atoms with E-state index in [0.29, 0.717) is 23.7 Å². The average molecular weight is 321 g/mol. The highest BCUT2D eigenvalue weighted by Gasteiger charge is 2.31. The third-order valence-electron chi connectivity index (χ3n) is 3.02. The summed E-state index contributed by atoms with van der Waals surface area (Å²) in [6.45, 7) is 2.45. The van der Waals surface area contributed by atoms with E-state index in [0.717, 1.165) is 16.9 Å². The molecule has 2 heterocycles. The number of halogens is 1. The third-order valence-corrected chi connectivity index (χ3v) is 6.89. The molecule has 1 saturated heterocycles. The van der Waals surface area contributed by atoms with Crippen molar-refractivity contribution >= 4 is 39.0 Å². The molecule has 0 radical (unpaired) electrons. The van der Waals surface area contributed by atoms with E-state index in [9.17, 15) is 13.2 Å². The Bertz CT molecular complexity index is 600. The van der Waals surface area contributed by atoms with Gasteiger partial charge in [0.15, 0.2) is 0 Å². The molecule has 0 aliphatic carbocycles. The van der Waals surface area contributed by atoms with Crippen molar-refractivity contribution in [2.45, 2.75) is 30.0 Å². The third kappa shape index (κ3) is 3.07. The SMILES string of the molecule is Cc1cc(S(=O)(=O)N2CCCC(N=C=O)C2)sc1Cl. The van der Waals surface area contributed by atoms with E-state index < -0.39 is 10.0 Å². The zero-order chi connectivity index (χ0) is 14.0. The molecular weight excluding hydrogens is 308 g/mol. The van der Waals surface area contributed by atoms with Gasteiger partial charge >= 0.3 is 0 Å². The molecule has 104 valence electrons.